The van der Waals surface area contributed by atoms with E-state index in [1.54, 1.807) is 12.3 Å². The van der Waals surface area contributed by atoms with Gasteiger partial charge in [0.05, 0.1) is 15.2 Å². The zero-order valence-corrected chi connectivity index (χ0v) is 13.1. The third kappa shape index (κ3) is 3.05. The molecule has 0 aliphatic rings. The van der Waals surface area contributed by atoms with Crippen molar-refractivity contribution < 1.29 is 4.79 Å². The van der Waals surface area contributed by atoms with Gasteiger partial charge in [0, 0.05) is 24.9 Å². The zero-order chi connectivity index (χ0) is 14.8. The number of pyridine rings is 1. The van der Waals surface area contributed by atoms with Crippen molar-refractivity contribution in [3.05, 3.63) is 51.2 Å². The van der Waals surface area contributed by atoms with Crippen molar-refractivity contribution in [1.29, 1.82) is 0 Å². The number of carbonyl (C=O) groups excluding carboxylic acids is 1. The lowest BCUT2D eigenvalue weighted by molar-refractivity contribution is 0.0950. The van der Waals surface area contributed by atoms with Crippen LogP contribution in [-0.2, 0) is 6.42 Å². The summed E-state index contributed by atoms with van der Waals surface area (Å²) in [5.74, 6) is -0.165. The molecule has 2 N–H and O–H groups in total. The number of hydrogen-bond donors (Lipinski definition) is 2. The van der Waals surface area contributed by atoms with E-state index >= 15 is 0 Å². The van der Waals surface area contributed by atoms with E-state index in [9.17, 15) is 4.79 Å². The van der Waals surface area contributed by atoms with Gasteiger partial charge >= 0.3 is 0 Å². The van der Waals surface area contributed by atoms with Crippen LogP contribution in [0.3, 0.4) is 0 Å². The first-order valence-corrected chi connectivity index (χ1v) is 7.87. The molecule has 0 saturated heterocycles. The lowest BCUT2D eigenvalue weighted by Gasteiger charge is -2.03. The molecule has 3 aromatic rings. The standard InChI is InChI=1S/C14H11Cl2N3OS/c15-11-12-10(21-13(11)16)7-9(19-12)14(20)18-6-4-8-3-1-2-5-17-8/h1-3,5,7,19H,4,6H2,(H,18,20). The number of nitrogens with one attached hydrogen (secondary N) is 2. The number of nitrogens with zero attached hydrogens (tertiary/aromatic N) is 1. The van der Waals surface area contributed by atoms with E-state index in [0.29, 0.717) is 33.5 Å². The van der Waals surface area contributed by atoms with Gasteiger partial charge in [-0.15, -0.1) is 11.3 Å². The van der Waals surface area contributed by atoms with Crippen molar-refractivity contribution in [2.75, 3.05) is 6.54 Å². The second-order valence-corrected chi connectivity index (χ2v) is 6.47. The molecule has 0 bridgehead atoms. The predicted molar refractivity (Wildman–Crippen MR) is 86.5 cm³/mol. The maximum atomic E-state index is 12.1. The Labute approximate surface area is 135 Å². The lowest BCUT2D eigenvalue weighted by Crippen LogP contribution is -2.26. The maximum absolute atomic E-state index is 12.1. The highest BCUT2D eigenvalue weighted by atomic mass is 35.5. The van der Waals surface area contributed by atoms with E-state index in [1.807, 2.05) is 18.2 Å². The van der Waals surface area contributed by atoms with Gasteiger partial charge in [0.1, 0.15) is 10.0 Å². The number of halogens is 2. The van der Waals surface area contributed by atoms with Crippen LogP contribution in [-0.4, -0.2) is 22.4 Å². The van der Waals surface area contributed by atoms with Gasteiger partial charge in [0.15, 0.2) is 0 Å². The fourth-order valence-electron chi connectivity index (χ4n) is 1.99. The topological polar surface area (TPSA) is 57.8 Å². The van der Waals surface area contributed by atoms with E-state index in [1.165, 1.54) is 11.3 Å². The van der Waals surface area contributed by atoms with Crippen molar-refractivity contribution >= 4 is 50.7 Å². The summed E-state index contributed by atoms with van der Waals surface area (Å²) >= 11 is 13.3. The minimum absolute atomic E-state index is 0.165. The highest BCUT2D eigenvalue weighted by Gasteiger charge is 2.15. The van der Waals surface area contributed by atoms with Gasteiger partial charge in [0.25, 0.3) is 5.91 Å². The maximum Gasteiger partial charge on any atom is 0.267 e. The van der Waals surface area contributed by atoms with Gasteiger partial charge < -0.3 is 10.3 Å². The molecule has 0 aliphatic heterocycles. The van der Waals surface area contributed by atoms with Crippen LogP contribution in [0.5, 0.6) is 0 Å². The Morgan fingerprint density at radius 3 is 2.95 bits per heavy atom. The van der Waals surface area contributed by atoms with Crippen molar-refractivity contribution in [3.63, 3.8) is 0 Å². The number of amides is 1. The number of hydrogen-bond acceptors (Lipinski definition) is 3. The number of fused-ring (bicyclic) bond motifs is 1. The molecule has 1 amide bonds. The fourth-order valence-corrected chi connectivity index (χ4v) is 3.47. The molecule has 0 fully saturated rings. The first kappa shape index (κ1) is 14.4. The number of H-pyrrole nitrogens is 1. The minimum atomic E-state index is -0.165. The quantitative estimate of drug-likeness (QED) is 0.757. The second kappa shape index (κ2) is 6.05. The van der Waals surface area contributed by atoms with Gasteiger partial charge in [-0.05, 0) is 18.2 Å². The SMILES string of the molecule is O=C(NCCc1ccccn1)c1cc2sc(Cl)c(Cl)c2[nH]1. The Morgan fingerprint density at radius 2 is 2.24 bits per heavy atom. The third-order valence-corrected chi connectivity index (χ3v) is 4.94. The molecule has 7 heteroatoms. The highest BCUT2D eigenvalue weighted by molar-refractivity contribution is 7.23. The Balaban J connectivity index is 1.64. The summed E-state index contributed by atoms with van der Waals surface area (Å²) in [6, 6.07) is 7.48. The molecule has 0 aromatic carbocycles. The molecular formula is C14H11Cl2N3OS. The van der Waals surface area contributed by atoms with Crippen molar-refractivity contribution in [3.8, 4) is 0 Å². The van der Waals surface area contributed by atoms with E-state index in [0.717, 1.165) is 10.4 Å². The fraction of sp³-hybridized carbons (Fsp3) is 0.143. The largest absolute Gasteiger partial charge is 0.350 e. The Hall–Kier alpha value is -1.56. The van der Waals surface area contributed by atoms with Gasteiger partial charge in [-0.2, -0.15) is 0 Å². The Kier molecular flexibility index (Phi) is 4.14. The average Bonchev–Trinajstić information content (AvgIpc) is 3.01. The van der Waals surface area contributed by atoms with E-state index in [2.05, 4.69) is 15.3 Å². The predicted octanol–water partition coefficient (Wildman–Crippen LogP) is 3.90. The number of thiophene rings is 1. The van der Waals surface area contributed by atoms with Gasteiger partial charge in [0.2, 0.25) is 0 Å². The van der Waals surface area contributed by atoms with Crippen LogP contribution in [0.25, 0.3) is 10.2 Å². The van der Waals surface area contributed by atoms with Crippen LogP contribution in [0.4, 0.5) is 0 Å². The number of aromatic amines is 1. The zero-order valence-electron chi connectivity index (χ0n) is 10.8. The second-order valence-electron chi connectivity index (χ2n) is 4.44. The first-order valence-electron chi connectivity index (χ1n) is 6.30. The normalized spacial score (nSPS) is 11.0. The number of rotatable bonds is 4. The molecule has 0 atom stereocenters. The van der Waals surface area contributed by atoms with Gasteiger partial charge in [-0.1, -0.05) is 29.3 Å². The van der Waals surface area contributed by atoms with Crippen LogP contribution < -0.4 is 5.32 Å². The smallest absolute Gasteiger partial charge is 0.267 e. The van der Waals surface area contributed by atoms with Gasteiger partial charge in [-0.25, -0.2) is 0 Å². The molecule has 0 unspecified atom stereocenters. The van der Waals surface area contributed by atoms with Crippen LogP contribution in [0, 0.1) is 0 Å². The minimum Gasteiger partial charge on any atom is -0.350 e. The molecular weight excluding hydrogens is 329 g/mol. The molecule has 21 heavy (non-hydrogen) atoms. The highest BCUT2D eigenvalue weighted by Crippen LogP contribution is 2.38. The summed E-state index contributed by atoms with van der Waals surface area (Å²) in [5, 5.41) is 3.31. The summed E-state index contributed by atoms with van der Waals surface area (Å²) in [6.07, 6.45) is 2.43. The molecule has 3 heterocycles. The summed E-state index contributed by atoms with van der Waals surface area (Å²) < 4.78 is 1.40. The van der Waals surface area contributed by atoms with Crippen LogP contribution in [0.15, 0.2) is 30.5 Å². The Morgan fingerprint density at radius 1 is 1.38 bits per heavy atom. The molecule has 108 valence electrons. The van der Waals surface area contributed by atoms with Crippen molar-refractivity contribution in [1.82, 2.24) is 15.3 Å². The molecule has 0 radical (unpaired) electrons. The molecule has 0 spiro atoms. The van der Waals surface area contributed by atoms with Crippen LogP contribution in [0.1, 0.15) is 16.2 Å². The van der Waals surface area contributed by atoms with E-state index < -0.39 is 0 Å². The molecule has 4 nitrogen and oxygen atoms in total. The van der Waals surface area contributed by atoms with Crippen molar-refractivity contribution in [2.45, 2.75) is 6.42 Å². The van der Waals surface area contributed by atoms with Gasteiger partial charge in [-0.3, -0.25) is 9.78 Å². The molecule has 0 saturated carbocycles. The molecule has 0 aliphatic carbocycles. The van der Waals surface area contributed by atoms with E-state index in [4.69, 9.17) is 23.2 Å². The average molecular weight is 340 g/mol. The summed E-state index contributed by atoms with van der Waals surface area (Å²) in [6.45, 7) is 0.525. The van der Waals surface area contributed by atoms with E-state index in [-0.39, 0.29) is 5.91 Å². The van der Waals surface area contributed by atoms with Crippen molar-refractivity contribution in [2.24, 2.45) is 0 Å². The summed E-state index contributed by atoms with van der Waals surface area (Å²) in [5.41, 5.74) is 2.14. The first-order chi connectivity index (χ1) is 10.1. The van der Waals surface area contributed by atoms with Crippen LogP contribution in [0.2, 0.25) is 9.36 Å². The molecule has 3 aromatic heterocycles. The number of aromatic nitrogens is 2. The third-order valence-electron chi connectivity index (χ3n) is 3.01. The monoisotopic (exact) mass is 339 g/mol. The number of carbonyl (C=O) groups is 1. The van der Waals surface area contributed by atoms with Crippen LogP contribution >= 0.6 is 34.5 Å². The molecule has 3 rings (SSSR count). The summed E-state index contributed by atoms with van der Waals surface area (Å²) in [7, 11) is 0. The summed E-state index contributed by atoms with van der Waals surface area (Å²) in [4.78, 5) is 19.3. The Bertz CT molecular complexity index is 782. The lowest BCUT2D eigenvalue weighted by atomic mass is 10.2.